The molecule has 17 heavy (non-hydrogen) atoms. The molecule has 3 nitrogen and oxygen atoms in total. The van der Waals surface area contributed by atoms with Crippen molar-refractivity contribution in [3.8, 4) is 0 Å². The third kappa shape index (κ3) is 2.31. The Labute approximate surface area is 104 Å². The van der Waals surface area contributed by atoms with Gasteiger partial charge in [0, 0.05) is 6.42 Å². The summed E-state index contributed by atoms with van der Waals surface area (Å²) in [5, 5.41) is 8.16. The lowest BCUT2D eigenvalue weighted by atomic mass is 10.1. The van der Waals surface area contributed by atoms with Crippen molar-refractivity contribution in [2.75, 3.05) is 0 Å². The third-order valence-electron chi connectivity index (χ3n) is 2.76. The van der Waals surface area contributed by atoms with E-state index in [1.807, 2.05) is 24.5 Å². The molecule has 0 fully saturated rings. The lowest BCUT2D eigenvalue weighted by Crippen LogP contribution is -2.10. The van der Waals surface area contributed by atoms with Crippen LogP contribution in [-0.4, -0.2) is 14.8 Å². The molecule has 0 saturated carbocycles. The van der Waals surface area contributed by atoms with Crippen LogP contribution in [0.15, 0.2) is 24.3 Å². The van der Waals surface area contributed by atoms with Crippen molar-refractivity contribution >= 4 is 11.6 Å². The fraction of sp³-hybridized carbons (Fsp3) is 0.333. The molecule has 0 saturated heterocycles. The Hall–Kier alpha value is -1.42. The Bertz CT molecular complexity index is 524. The van der Waals surface area contributed by atoms with Crippen molar-refractivity contribution in [3.63, 3.8) is 0 Å². The van der Waals surface area contributed by atoms with Gasteiger partial charge in [-0.15, -0.1) is 10.2 Å². The van der Waals surface area contributed by atoms with Crippen LogP contribution in [0.25, 0.3) is 0 Å². The van der Waals surface area contributed by atoms with E-state index in [9.17, 15) is 4.39 Å². The summed E-state index contributed by atoms with van der Waals surface area (Å²) in [7, 11) is 0. The lowest BCUT2D eigenvalue weighted by Gasteiger charge is -2.16. The topological polar surface area (TPSA) is 30.7 Å². The minimum absolute atomic E-state index is 0.0804. The average molecular weight is 254 g/mol. The van der Waals surface area contributed by atoms with Crippen molar-refractivity contribution < 1.29 is 4.39 Å². The highest BCUT2D eigenvalue weighted by Crippen LogP contribution is 2.23. The zero-order valence-corrected chi connectivity index (χ0v) is 10.4. The molecule has 0 radical (unpaired) electrons. The quantitative estimate of drug-likeness (QED) is 0.841. The van der Waals surface area contributed by atoms with Gasteiger partial charge < -0.3 is 0 Å². The predicted octanol–water partition coefficient (Wildman–Crippen LogP) is 3.24. The number of halogens is 2. The summed E-state index contributed by atoms with van der Waals surface area (Å²) < 4.78 is 15.0. The molecule has 90 valence electrons. The molecule has 1 unspecified atom stereocenters. The summed E-state index contributed by atoms with van der Waals surface area (Å²) in [6, 6.07) is 6.39. The van der Waals surface area contributed by atoms with E-state index in [4.69, 9.17) is 11.6 Å². The number of nitrogens with zero attached hydrogens (tertiary/aromatic N) is 3. The summed E-state index contributed by atoms with van der Waals surface area (Å²) in [5.74, 6) is 0.545. The fourth-order valence-electron chi connectivity index (χ4n) is 1.84. The van der Waals surface area contributed by atoms with Crippen LogP contribution in [0.1, 0.15) is 31.3 Å². The molecule has 0 aliphatic rings. The SMILES string of the molecule is CCc1nnc(Cl)n1C(C)c1cccc(F)c1. The number of hydrogen-bond acceptors (Lipinski definition) is 2. The first kappa shape index (κ1) is 12.0. The maximum Gasteiger partial charge on any atom is 0.225 e. The molecule has 1 heterocycles. The van der Waals surface area contributed by atoms with Gasteiger partial charge in [-0.3, -0.25) is 4.57 Å². The van der Waals surface area contributed by atoms with Gasteiger partial charge in [0.1, 0.15) is 11.6 Å². The highest BCUT2D eigenvalue weighted by molar-refractivity contribution is 6.28. The molecule has 1 atom stereocenters. The van der Waals surface area contributed by atoms with Gasteiger partial charge in [0.15, 0.2) is 0 Å². The molecule has 0 aliphatic carbocycles. The van der Waals surface area contributed by atoms with Crippen LogP contribution in [0.5, 0.6) is 0 Å². The Kier molecular flexibility index (Phi) is 3.43. The normalized spacial score (nSPS) is 12.7. The molecule has 0 spiro atoms. The van der Waals surface area contributed by atoms with E-state index in [2.05, 4.69) is 10.2 Å². The van der Waals surface area contributed by atoms with Crippen LogP contribution in [0.2, 0.25) is 5.28 Å². The summed E-state index contributed by atoms with van der Waals surface area (Å²) >= 11 is 6.00. The van der Waals surface area contributed by atoms with Gasteiger partial charge >= 0.3 is 0 Å². The summed E-state index contributed by atoms with van der Waals surface area (Å²) in [4.78, 5) is 0. The molecular weight excluding hydrogens is 241 g/mol. The van der Waals surface area contributed by atoms with E-state index in [1.165, 1.54) is 12.1 Å². The first-order valence-corrected chi connectivity index (χ1v) is 5.86. The van der Waals surface area contributed by atoms with Gasteiger partial charge in [-0.25, -0.2) is 4.39 Å². The van der Waals surface area contributed by atoms with Crippen LogP contribution < -0.4 is 0 Å². The molecule has 2 aromatic rings. The molecular formula is C12H13ClFN3. The highest BCUT2D eigenvalue weighted by Gasteiger charge is 2.16. The van der Waals surface area contributed by atoms with Crippen LogP contribution in [-0.2, 0) is 6.42 Å². The maximum atomic E-state index is 13.2. The standard InChI is InChI=1S/C12H13ClFN3/c1-3-11-15-16-12(13)17(11)8(2)9-5-4-6-10(14)7-9/h4-8H,3H2,1-2H3. The van der Waals surface area contributed by atoms with Crippen molar-refractivity contribution in [2.45, 2.75) is 26.3 Å². The van der Waals surface area contributed by atoms with Crippen molar-refractivity contribution in [1.29, 1.82) is 0 Å². The lowest BCUT2D eigenvalue weighted by molar-refractivity contribution is 0.588. The number of benzene rings is 1. The zero-order valence-electron chi connectivity index (χ0n) is 9.69. The molecule has 1 aromatic heterocycles. The first-order chi connectivity index (χ1) is 8.13. The Morgan fingerprint density at radius 3 is 2.82 bits per heavy atom. The highest BCUT2D eigenvalue weighted by atomic mass is 35.5. The number of aryl methyl sites for hydroxylation is 1. The zero-order chi connectivity index (χ0) is 12.4. The van der Waals surface area contributed by atoms with Gasteiger partial charge in [0.05, 0.1) is 6.04 Å². The van der Waals surface area contributed by atoms with Crippen LogP contribution >= 0.6 is 11.6 Å². The number of rotatable bonds is 3. The van der Waals surface area contributed by atoms with Crippen molar-refractivity contribution in [3.05, 3.63) is 46.8 Å². The van der Waals surface area contributed by atoms with Crippen LogP contribution in [0, 0.1) is 5.82 Å². The number of aromatic nitrogens is 3. The van der Waals surface area contributed by atoms with E-state index < -0.39 is 0 Å². The first-order valence-electron chi connectivity index (χ1n) is 5.48. The Balaban J connectivity index is 2.43. The Morgan fingerprint density at radius 1 is 1.41 bits per heavy atom. The smallest absolute Gasteiger partial charge is 0.225 e. The van der Waals surface area contributed by atoms with Crippen LogP contribution in [0.3, 0.4) is 0 Å². The molecule has 0 aliphatic heterocycles. The van der Waals surface area contributed by atoms with Crippen molar-refractivity contribution in [2.24, 2.45) is 0 Å². The largest absolute Gasteiger partial charge is 0.294 e. The van der Waals surface area contributed by atoms with E-state index in [0.717, 1.165) is 17.8 Å². The van der Waals surface area contributed by atoms with Gasteiger partial charge in [-0.1, -0.05) is 19.1 Å². The summed E-state index contributed by atoms with van der Waals surface area (Å²) in [6.45, 7) is 3.93. The van der Waals surface area contributed by atoms with Crippen LogP contribution in [0.4, 0.5) is 4.39 Å². The maximum absolute atomic E-state index is 13.2. The van der Waals surface area contributed by atoms with Gasteiger partial charge in [0.25, 0.3) is 0 Å². The Morgan fingerprint density at radius 2 is 2.18 bits per heavy atom. The third-order valence-corrected chi connectivity index (χ3v) is 3.02. The minimum Gasteiger partial charge on any atom is -0.294 e. The second kappa shape index (κ2) is 4.84. The predicted molar refractivity (Wildman–Crippen MR) is 64.6 cm³/mol. The monoisotopic (exact) mass is 253 g/mol. The van der Waals surface area contributed by atoms with E-state index in [0.29, 0.717) is 5.28 Å². The minimum atomic E-state index is -0.253. The fourth-order valence-corrected chi connectivity index (χ4v) is 2.12. The van der Waals surface area contributed by atoms with Gasteiger partial charge in [-0.2, -0.15) is 0 Å². The summed E-state index contributed by atoms with van der Waals surface area (Å²) in [5.41, 5.74) is 0.849. The van der Waals surface area contributed by atoms with Gasteiger partial charge in [0.2, 0.25) is 5.28 Å². The second-order valence-corrected chi connectivity index (χ2v) is 4.18. The summed E-state index contributed by atoms with van der Waals surface area (Å²) in [6.07, 6.45) is 0.735. The number of hydrogen-bond donors (Lipinski definition) is 0. The second-order valence-electron chi connectivity index (χ2n) is 3.84. The average Bonchev–Trinajstić information content (AvgIpc) is 2.69. The molecule has 1 aromatic carbocycles. The molecule has 2 rings (SSSR count). The molecule has 5 heteroatoms. The van der Waals surface area contributed by atoms with E-state index in [1.54, 1.807) is 6.07 Å². The van der Waals surface area contributed by atoms with E-state index >= 15 is 0 Å². The van der Waals surface area contributed by atoms with Crippen molar-refractivity contribution in [1.82, 2.24) is 14.8 Å². The molecule has 0 N–H and O–H groups in total. The van der Waals surface area contributed by atoms with E-state index in [-0.39, 0.29) is 11.9 Å². The molecule has 0 bridgehead atoms. The molecule has 0 amide bonds. The van der Waals surface area contributed by atoms with Gasteiger partial charge in [-0.05, 0) is 36.2 Å².